The number of hydrogen-bond donors (Lipinski definition) is 0. The van der Waals surface area contributed by atoms with E-state index in [9.17, 15) is 9.59 Å². The van der Waals surface area contributed by atoms with Crippen LogP contribution in [0.2, 0.25) is 0 Å². The molecule has 0 amide bonds. The zero-order chi connectivity index (χ0) is 16.7. The van der Waals surface area contributed by atoms with Gasteiger partial charge < -0.3 is 0 Å². The summed E-state index contributed by atoms with van der Waals surface area (Å²) in [5.74, 6) is 2.41. The fourth-order valence-corrected chi connectivity index (χ4v) is 7.18. The smallest absolute Gasteiger partial charge is 0.178 e. The summed E-state index contributed by atoms with van der Waals surface area (Å²) in [5, 5.41) is 0. The Hall–Kier alpha value is -1.44. The molecule has 5 rings (SSSR count). The summed E-state index contributed by atoms with van der Waals surface area (Å²) in [7, 11) is 0. The predicted molar refractivity (Wildman–Crippen MR) is 93.2 cm³/mol. The van der Waals surface area contributed by atoms with E-state index in [2.05, 4.69) is 32.1 Å². The largest absolute Gasteiger partial charge is 0.299 e. The summed E-state index contributed by atoms with van der Waals surface area (Å²) >= 11 is 0. The molecule has 3 fully saturated rings. The second-order valence-corrected chi connectivity index (χ2v) is 9.27. The van der Waals surface area contributed by atoms with E-state index in [-0.39, 0.29) is 22.0 Å². The fourth-order valence-electron chi connectivity index (χ4n) is 7.18. The van der Waals surface area contributed by atoms with Gasteiger partial charge in [0.1, 0.15) is 5.78 Å². The number of carbonyl (C=O) groups is 2. The van der Waals surface area contributed by atoms with E-state index in [4.69, 9.17) is 0 Å². The van der Waals surface area contributed by atoms with Gasteiger partial charge in [-0.05, 0) is 73.0 Å². The molecule has 0 unspecified atom stereocenters. The van der Waals surface area contributed by atoms with Crippen LogP contribution in [0.4, 0.5) is 0 Å². The Morgan fingerprint density at radius 1 is 1.00 bits per heavy atom. The monoisotopic (exact) mass is 322 g/mol. The molecule has 3 saturated carbocycles. The number of Topliss-reactive ketones (excluding diaryl/α,β-unsaturated/α-hetero) is 1. The lowest BCUT2D eigenvalue weighted by atomic mass is 9.44. The van der Waals surface area contributed by atoms with Crippen LogP contribution in [0.15, 0.2) is 36.0 Å². The van der Waals surface area contributed by atoms with Crippen LogP contribution in [0.3, 0.4) is 0 Å². The summed E-state index contributed by atoms with van der Waals surface area (Å²) in [4.78, 5) is 24.3. The van der Waals surface area contributed by atoms with Gasteiger partial charge in [0.15, 0.2) is 5.78 Å². The molecule has 0 bridgehead atoms. The predicted octanol–water partition coefficient (Wildman–Crippen LogP) is 4.42. The Bertz CT molecular complexity index is 741. The van der Waals surface area contributed by atoms with Crippen molar-refractivity contribution in [3.63, 3.8) is 0 Å². The first-order valence-electron chi connectivity index (χ1n) is 9.58. The number of hydrogen-bond acceptors (Lipinski definition) is 2. The molecule has 1 spiro atoms. The molecule has 0 heterocycles. The molecule has 0 aromatic heterocycles. The van der Waals surface area contributed by atoms with Gasteiger partial charge in [0.2, 0.25) is 0 Å². The number of rotatable bonds is 0. The van der Waals surface area contributed by atoms with Gasteiger partial charge in [0.25, 0.3) is 0 Å². The quantitative estimate of drug-likeness (QED) is 0.661. The molecule has 5 aliphatic rings. The molecule has 0 saturated heterocycles. The van der Waals surface area contributed by atoms with E-state index in [1.807, 2.05) is 6.08 Å². The van der Waals surface area contributed by atoms with Gasteiger partial charge in [-0.1, -0.05) is 32.1 Å². The normalized spacial score (nSPS) is 51.8. The van der Waals surface area contributed by atoms with Crippen molar-refractivity contribution in [3.8, 4) is 0 Å². The molecular weight excluding hydrogens is 296 g/mol. The van der Waals surface area contributed by atoms with Gasteiger partial charge in [0, 0.05) is 17.3 Å². The van der Waals surface area contributed by atoms with Crippen molar-refractivity contribution >= 4 is 11.6 Å². The zero-order valence-corrected chi connectivity index (χ0v) is 14.7. The molecule has 5 aliphatic carbocycles. The molecule has 24 heavy (non-hydrogen) atoms. The Kier molecular flexibility index (Phi) is 2.72. The Labute approximate surface area is 144 Å². The van der Waals surface area contributed by atoms with Crippen LogP contribution in [0.25, 0.3) is 0 Å². The van der Waals surface area contributed by atoms with Crippen molar-refractivity contribution in [2.75, 3.05) is 0 Å². The van der Waals surface area contributed by atoms with E-state index >= 15 is 0 Å². The molecule has 2 heteroatoms. The maximum atomic E-state index is 12.5. The number of allylic oxidation sites excluding steroid dienone is 6. The first kappa shape index (κ1) is 14.9. The summed E-state index contributed by atoms with van der Waals surface area (Å²) < 4.78 is 0. The summed E-state index contributed by atoms with van der Waals surface area (Å²) in [5.41, 5.74) is 1.38. The minimum Gasteiger partial charge on any atom is -0.299 e. The second-order valence-electron chi connectivity index (χ2n) is 9.27. The van der Waals surface area contributed by atoms with E-state index in [1.54, 1.807) is 6.08 Å². The first-order valence-corrected chi connectivity index (χ1v) is 9.58. The third kappa shape index (κ3) is 1.49. The van der Waals surface area contributed by atoms with Crippen molar-refractivity contribution in [2.45, 2.75) is 52.4 Å². The van der Waals surface area contributed by atoms with Gasteiger partial charge in [-0.15, -0.1) is 0 Å². The molecule has 0 radical (unpaired) electrons. The third-order valence-corrected chi connectivity index (χ3v) is 8.79. The van der Waals surface area contributed by atoms with Crippen molar-refractivity contribution in [1.29, 1.82) is 0 Å². The highest BCUT2D eigenvalue weighted by Crippen LogP contribution is 2.72. The topological polar surface area (TPSA) is 34.1 Å². The van der Waals surface area contributed by atoms with Crippen LogP contribution in [0, 0.1) is 34.0 Å². The lowest BCUT2D eigenvalue weighted by Crippen LogP contribution is -2.56. The van der Waals surface area contributed by atoms with Gasteiger partial charge in [-0.25, -0.2) is 0 Å². The van der Waals surface area contributed by atoms with Crippen LogP contribution in [0.1, 0.15) is 52.4 Å². The molecule has 126 valence electrons. The average molecular weight is 322 g/mol. The second kappa shape index (κ2) is 4.39. The van der Waals surface area contributed by atoms with Crippen LogP contribution < -0.4 is 0 Å². The molecule has 6 atom stereocenters. The molecule has 0 aromatic carbocycles. The van der Waals surface area contributed by atoms with Crippen molar-refractivity contribution in [2.24, 2.45) is 34.0 Å². The minimum absolute atomic E-state index is 0.00582. The number of carbonyl (C=O) groups excluding carboxylic acids is 2. The molecular formula is C22H26O2. The Morgan fingerprint density at radius 2 is 1.79 bits per heavy atom. The zero-order valence-electron chi connectivity index (χ0n) is 14.7. The lowest BCUT2D eigenvalue weighted by molar-refractivity contribution is -0.154. The third-order valence-electron chi connectivity index (χ3n) is 8.79. The van der Waals surface area contributed by atoms with Crippen LogP contribution in [-0.4, -0.2) is 11.6 Å². The van der Waals surface area contributed by atoms with Gasteiger partial charge >= 0.3 is 0 Å². The van der Waals surface area contributed by atoms with Crippen molar-refractivity contribution in [1.82, 2.24) is 0 Å². The van der Waals surface area contributed by atoms with Crippen molar-refractivity contribution < 1.29 is 9.59 Å². The van der Waals surface area contributed by atoms with Crippen LogP contribution in [-0.2, 0) is 9.59 Å². The molecule has 2 nitrogen and oxygen atoms in total. The summed E-state index contributed by atoms with van der Waals surface area (Å²) in [6.07, 6.45) is 16.9. The highest BCUT2D eigenvalue weighted by atomic mass is 16.1. The van der Waals surface area contributed by atoms with E-state index < -0.39 is 0 Å². The van der Waals surface area contributed by atoms with E-state index in [1.165, 1.54) is 24.8 Å². The van der Waals surface area contributed by atoms with Gasteiger partial charge in [0.05, 0.1) is 0 Å². The maximum Gasteiger partial charge on any atom is 0.178 e. The highest BCUT2D eigenvalue weighted by Gasteiger charge is 2.67. The standard InChI is InChI=1S/C22H26O2/c1-20-9-5-15(23)13-14(20)3-4-16-17(20)6-10-21(2)18(16)7-11-22(21)12-8-19(22)24/h3-5,9,13,16-18H,6-8,10-12H2,1-2H3/t16-,17+,18+,20+,21+,22+/m1/s1. The van der Waals surface area contributed by atoms with Gasteiger partial charge in [-0.3, -0.25) is 9.59 Å². The fraction of sp³-hybridized carbons (Fsp3) is 0.636. The summed E-state index contributed by atoms with van der Waals surface area (Å²) in [6.45, 7) is 4.73. The Balaban J connectivity index is 1.57. The van der Waals surface area contributed by atoms with E-state index in [0.29, 0.717) is 23.5 Å². The highest BCUT2D eigenvalue weighted by molar-refractivity contribution is 6.01. The lowest BCUT2D eigenvalue weighted by Gasteiger charge is -2.59. The van der Waals surface area contributed by atoms with Crippen molar-refractivity contribution in [3.05, 3.63) is 36.0 Å². The van der Waals surface area contributed by atoms with Gasteiger partial charge in [-0.2, -0.15) is 0 Å². The minimum atomic E-state index is -0.00592. The SMILES string of the molecule is C[C@]12C=CC(=O)C=C1C=C[C@@H]1[C@@H]2CC[C@@]2(C)[C@H]1CC[C@@]21CCC1=O. The average Bonchev–Trinajstić information content (AvgIpc) is 2.89. The van der Waals surface area contributed by atoms with Crippen LogP contribution >= 0.6 is 0 Å². The summed E-state index contributed by atoms with van der Waals surface area (Å²) in [6, 6.07) is 0. The number of fused-ring (bicyclic) bond motifs is 6. The molecule has 0 N–H and O–H groups in total. The first-order chi connectivity index (χ1) is 11.4. The number of ketones is 2. The molecule has 0 aliphatic heterocycles. The van der Waals surface area contributed by atoms with Crippen LogP contribution in [0.5, 0.6) is 0 Å². The molecule has 0 aromatic rings. The maximum absolute atomic E-state index is 12.5. The Morgan fingerprint density at radius 3 is 2.50 bits per heavy atom. The van der Waals surface area contributed by atoms with E-state index in [0.717, 1.165) is 19.3 Å².